The van der Waals surface area contributed by atoms with E-state index in [0.29, 0.717) is 0 Å². The van der Waals surface area contributed by atoms with Gasteiger partial charge in [0.05, 0.1) is 14.1 Å². The second kappa shape index (κ2) is 13.9. The van der Waals surface area contributed by atoms with Gasteiger partial charge in [-0.2, -0.15) is 0 Å². The van der Waals surface area contributed by atoms with Gasteiger partial charge in [-0.1, -0.05) is 65.7 Å². The molecule has 120 valence electrons. The van der Waals surface area contributed by atoms with Gasteiger partial charge in [-0.25, -0.2) is 0 Å². The van der Waals surface area contributed by atoms with Crippen LogP contribution < -0.4 is 0 Å². The minimum atomic E-state index is -0.547. The van der Waals surface area contributed by atoms with Crippen molar-refractivity contribution in [3.63, 3.8) is 0 Å². The maximum atomic E-state index is 12.1. The fourth-order valence-electron chi connectivity index (χ4n) is 2.33. The number of carbonyl (C=O) groups is 1. The molecule has 0 aliphatic carbocycles. The number of hydrogen-bond acceptors (Lipinski definition) is 2. The number of rotatable bonds is 13. The van der Waals surface area contributed by atoms with E-state index in [2.05, 4.69) is 27.4 Å². The van der Waals surface area contributed by atoms with Crippen molar-refractivity contribution in [3.8, 4) is 0 Å². The molecule has 0 aromatic rings. The molecule has 0 aliphatic rings. The molecule has 0 saturated heterocycles. The Bertz CT molecular complexity index is 231. The summed E-state index contributed by atoms with van der Waals surface area (Å²) in [5.41, 5.74) is 0. The monoisotopic (exact) mass is 302 g/mol. The smallest absolute Gasteiger partial charge is 0.311 e. The fraction of sp³-hybridized carbons (Fsp3) is 0.941. The van der Waals surface area contributed by atoms with E-state index in [1.54, 1.807) is 0 Å². The van der Waals surface area contributed by atoms with Crippen molar-refractivity contribution in [3.05, 3.63) is 0 Å². The second-order valence-corrected chi connectivity index (χ2v) is 7.66. The number of hydrogen-bond donors (Lipinski definition) is 0. The zero-order valence-electron chi connectivity index (χ0n) is 14.1. The van der Waals surface area contributed by atoms with Crippen molar-refractivity contribution in [1.82, 2.24) is 0 Å². The maximum absolute atomic E-state index is 12.1. The minimum Gasteiger partial charge on any atom is -0.445 e. The first-order valence-electron chi connectivity index (χ1n) is 8.58. The molecular formula is C17H35O2P. The summed E-state index contributed by atoms with van der Waals surface area (Å²) in [4.78, 5) is 12.1. The summed E-state index contributed by atoms with van der Waals surface area (Å²) < 4.78 is 5.65. The van der Waals surface area contributed by atoms with E-state index in [1.807, 2.05) is 0 Å². The molecule has 3 heteroatoms. The van der Waals surface area contributed by atoms with E-state index in [0.717, 1.165) is 31.8 Å². The van der Waals surface area contributed by atoms with Gasteiger partial charge in [0.1, 0.15) is 0 Å². The van der Waals surface area contributed by atoms with Crippen LogP contribution in [0, 0.1) is 5.92 Å². The highest BCUT2D eigenvalue weighted by Crippen LogP contribution is 2.35. The van der Waals surface area contributed by atoms with Crippen LogP contribution in [0.2, 0.25) is 0 Å². The second-order valence-electron chi connectivity index (χ2n) is 5.78. The molecule has 0 heterocycles. The van der Waals surface area contributed by atoms with Crippen molar-refractivity contribution in [2.75, 3.05) is 12.8 Å². The van der Waals surface area contributed by atoms with E-state index in [1.165, 1.54) is 38.5 Å². The van der Waals surface area contributed by atoms with Crippen LogP contribution in [0.15, 0.2) is 0 Å². The van der Waals surface area contributed by atoms with Crippen LogP contribution in [-0.4, -0.2) is 18.8 Å². The molecule has 0 saturated carbocycles. The van der Waals surface area contributed by atoms with Gasteiger partial charge in [-0.15, -0.1) is 0 Å². The van der Waals surface area contributed by atoms with Gasteiger partial charge < -0.3 is 4.52 Å². The van der Waals surface area contributed by atoms with Crippen LogP contribution >= 0.6 is 8.15 Å². The Labute approximate surface area is 127 Å². The van der Waals surface area contributed by atoms with Gasteiger partial charge in [0, 0.05) is 6.16 Å². The van der Waals surface area contributed by atoms with Crippen LogP contribution in [0.4, 0.5) is 0 Å². The predicted molar refractivity (Wildman–Crippen MR) is 90.5 cm³/mol. The lowest BCUT2D eigenvalue weighted by Gasteiger charge is -2.18. The largest absolute Gasteiger partial charge is 0.445 e. The minimum absolute atomic E-state index is 0.0561. The predicted octanol–water partition coefficient (Wildman–Crippen LogP) is 6.13. The van der Waals surface area contributed by atoms with Crippen LogP contribution in [-0.2, 0) is 9.32 Å². The molecule has 0 rings (SSSR count). The van der Waals surface area contributed by atoms with Crippen molar-refractivity contribution in [1.29, 1.82) is 0 Å². The van der Waals surface area contributed by atoms with Crippen molar-refractivity contribution in [2.45, 2.75) is 85.0 Å². The fourth-order valence-corrected chi connectivity index (χ4v) is 3.54. The summed E-state index contributed by atoms with van der Waals surface area (Å²) in [5, 5.41) is 0. The number of carbonyl (C=O) groups excluding carboxylic acids is 1. The van der Waals surface area contributed by atoms with E-state index >= 15 is 0 Å². The first-order valence-corrected chi connectivity index (χ1v) is 10.5. The Balaban J connectivity index is 3.71. The zero-order chi connectivity index (χ0) is 15.2. The van der Waals surface area contributed by atoms with Gasteiger partial charge >= 0.3 is 5.97 Å². The Morgan fingerprint density at radius 2 is 1.55 bits per heavy atom. The third-order valence-electron chi connectivity index (χ3n) is 3.80. The molecule has 0 amide bonds. The average molecular weight is 302 g/mol. The first kappa shape index (κ1) is 19.9. The highest BCUT2D eigenvalue weighted by molar-refractivity contribution is 7.52. The SMILES string of the molecule is CCCCCCCCP(C)OC(=O)C(CC)CCCC. The standard InChI is InChI=1S/C17H35O2P/c1-5-8-10-11-12-13-15-20(4)19-17(18)16(7-3)14-9-6-2/h16H,5-15H2,1-4H3. The highest BCUT2D eigenvalue weighted by Gasteiger charge is 2.19. The molecule has 2 nitrogen and oxygen atoms in total. The lowest BCUT2D eigenvalue weighted by atomic mass is 10.00. The van der Waals surface area contributed by atoms with Gasteiger partial charge in [-0.3, -0.25) is 4.79 Å². The molecule has 0 aliphatic heterocycles. The highest BCUT2D eigenvalue weighted by atomic mass is 31.1. The Hall–Kier alpha value is -0.100. The third kappa shape index (κ3) is 10.7. The molecule has 2 unspecified atom stereocenters. The zero-order valence-corrected chi connectivity index (χ0v) is 15.0. The Kier molecular flexibility index (Phi) is 13.8. The van der Waals surface area contributed by atoms with Crippen LogP contribution in [0.3, 0.4) is 0 Å². The van der Waals surface area contributed by atoms with E-state index in [9.17, 15) is 4.79 Å². The molecule has 0 bridgehead atoms. The molecule has 0 spiro atoms. The van der Waals surface area contributed by atoms with Gasteiger partial charge in [0.15, 0.2) is 0 Å². The Morgan fingerprint density at radius 3 is 2.15 bits per heavy atom. The van der Waals surface area contributed by atoms with Gasteiger partial charge in [-0.05, 0) is 25.9 Å². The van der Waals surface area contributed by atoms with Gasteiger partial charge in [0.2, 0.25) is 0 Å². The molecule has 0 aromatic heterocycles. The molecule has 20 heavy (non-hydrogen) atoms. The first-order chi connectivity index (χ1) is 9.65. The summed E-state index contributed by atoms with van der Waals surface area (Å²) in [7, 11) is -0.547. The van der Waals surface area contributed by atoms with Crippen molar-refractivity contribution < 1.29 is 9.32 Å². The number of unbranched alkanes of at least 4 members (excludes halogenated alkanes) is 6. The molecule has 0 N–H and O–H groups in total. The molecule has 0 aromatic carbocycles. The van der Waals surface area contributed by atoms with E-state index < -0.39 is 8.15 Å². The molecular weight excluding hydrogens is 267 g/mol. The molecule has 0 fully saturated rings. The summed E-state index contributed by atoms with van der Waals surface area (Å²) in [6.45, 7) is 8.61. The summed E-state index contributed by atoms with van der Waals surface area (Å²) in [6, 6.07) is 0. The average Bonchev–Trinajstić information content (AvgIpc) is 2.43. The third-order valence-corrected chi connectivity index (χ3v) is 5.24. The van der Waals surface area contributed by atoms with E-state index in [4.69, 9.17) is 4.52 Å². The van der Waals surface area contributed by atoms with Crippen LogP contribution in [0.25, 0.3) is 0 Å². The molecule has 0 radical (unpaired) electrons. The van der Waals surface area contributed by atoms with Crippen LogP contribution in [0.5, 0.6) is 0 Å². The maximum Gasteiger partial charge on any atom is 0.311 e. The Morgan fingerprint density at radius 1 is 0.950 bits per heavy atom. The van der Waals surface area contributed by atoms with Gasteiger partial charge in [0.25, 0.3) is 0 Å². The van der Waals surface area contributed by atoms with Crippen LogP contribution in [0.1, 0.15) is 85.0 Å². The molecule has 2 atom stereocenters. The quantitative estimate of drug-likeness (QED) is 0.302. The van der Waals surface area contributed by atoms with Crippen molar-refractivity contribution >= 4 is 14.1 Å². The lowest BCUT2D eigenvalue weighted by molar-refractivity contribution is -0.138. The lowest BCUT2D eigenvalue weighted by Crippen LogP contribution is -2.15. The topological polar surface area (TPSA) is 26.3 Å². The van der Waals surface area contributed by atoms with E-state index in [-0.39, 0.29) is 11.9 Å². The summed E-state index contributed by atoms with van der Waals surface area (Å²) in [5.74, 6) is 0.185. The van der Waals surface area contributed by atoms with Crippen molar-refractivity contribution in [2.24, 2.45) is 5.92 Å². The summed E-state index contributed by atoms with van der Waals surface area (Å²) in [6.07, 6.45) is 13.1. The normalized spacial score (nSPS) is 14.0. The summed E-state index contributed by atoms with van der Waals surface area (Å²) >= 11 is 0.